The van der Waals surface area contributed by atoms with Crippen LogP contribution in [0.2, 0.25) is 0 Å². The Morgan fingerprint density at radius 1 is 1.11 bits per heavy atom. The number of fused-ring (bicyclic) bond motifs is 1. The van der Waals surface area contributed by atoms with Crippen molar-refractivity contribution in [3.8, 4) is 17.2 Å². The smallest absolute Gasteiger partial charge is 0.306 e. The van der Waals surface area contributed by atoms with E-state index in [0.29, 0.717) is 17.7 Å². The molecule has 0 radical (unpaired) electrons. The van der Waals surface area contributed by atoms with Gasteiger partial charge in [-0.05, 0) is 37.6 Å². The Labute approximate surface area is 208 Å². The molecule has 3 aromatic rings. The average Bonchev–Trinajstić information content (AvgIpc) is 3.28. The summed E-state index contributed by atoms with van der Waals surface area (Å²) in [6, 6.07) is 2.41. The van der Waals surface area contributed by atoms with Gasteiger partial charge in [-0.3, -0.25) is 14.6 Å². The predicted octanol–water partition coefficient (Wildman–Crippen LogP) is 4.44. The van der Waals surface area contributed by atoms with Crippen LogP contribution < -0.4 is 0 Å². The zero-order chi connectivity index (χ0) is 27.2. The number of hydrogen-bond acceptors (Lipinski definition) is 8. The molecule has 0 saturated carbocycles. The van der Waals surface area contributed by atoms with Crippen molar-refractivity contribution >= 4 is 11.8 Å². The highest BCUT2D eigenvalue weighted by molar-refractivity contribution is 5.98. The first-order valence-corrected chi connectivity index (χ1v) is 11.1. The van der Waals surface area contributed by atoms with Gasteiger partial charge in [-0.2, -0.15) is 0 Å². The van der Waals surface area contributed by atoms with E-state index in [9.17, 15) is 38.1 Å². The van der Waals surface area contributed by atoms with Gasteiger partial charge in [0.25, 0.3) is 0 Å². The van der Waals surface area contributed by atoms with Crippen molar-refractivity contribution < 1.29 is 47.6 Å². The van der Waals surface area contributed by atoms with Gasteiger partial charge >= 0.3 is 5.97 Å². The first-order chi connectivity index (χ1) is 17.5. The molecular weight excluding hydrogens is 495 g/mol. The summed E-state index contributed by atoms with van der Waals surface area (Å²) in [5, 5.41) is 33.0. The van der Waals surface area contributed by atoms with Crippen LogP contribution in [0.5, 0.6) is 17.2 Å². The lowest BCUT2D eigenvalue weighted by atomic mass is 9.83. The molecule has 4 rings (SSSR count). The van der Waals surface area contributed by atoms with Crippen molar-refractivity contribution in [2.45, 2.75) is 38.9 Å². The zero-order valence-electron chi connectivity index (χ0n) is 19.9. The molecule has 0 amide bonds. The molecule has 11 heteroatoms. The van der Waals surface area contributed by atoms with Gasteiger partial charge in [-0.1, -0.05) is 0 Å². The molecule has 1 aromatic heterocycles. The fourth-order valence-corrected chi connectivity index (χ4v) is 4.48. The van der Waals surface area contributed by atoms with Crippen LogP contribution in [0, 0.1) is 24.4 Å². The average molecular weight is 517 g/mol. The van der Waals surface area contributed by atoms with E-state index in [1.807, 2.05) is 0 Å². The summed E-state index contributed by atoms with van der Waals surface area (Å²) in [4.78, 5) is 28.8. The maximum absolute atomic E-state index is 14.2. The van der Waals surface area contributed by atoms with Crippen LogP contribution in [0.25, 0.3) is 0 Å². The molecular formula is C26H22F3NO7. The van der Waals surface area contributed by atoms with E-state index in [4.69, 9.17) is 4.74 Å². The number of benzene rings is 2. The van der Waals surface area contributed by atoms with Crippen molar-refractivity contribution in [2.75, 3.05) is 7.11 Å². The minimum Gasteiger partial charge on any atom is -0.507 e. The molecule has 2 heterocycles. The number of carbonyl (C=O) groups excluding carboxylic acids is 2. The first kappa shape index (κ1) is 26.0. The monoisotopic (exact) mass is 517 g/mol. The van der Waals surface area contributed by atoms with E-state index in [0.717, 1.165) is 14.0 Å². The number of esters is 1. The number of aryl methyl sites for hydroxylation is 1. The summed E-state index contributed by atoms with van der Waals surface area (Å²) in [6.45, 7) is 2.70. The Morgan fingerprint density at radius 2 is 1.76 bits per heavy atom. The molecule has 3 N–H and O–H groups in total. The second-order valence-corrected chi connectivity index (χ2v) is 8.63. The van der Waals surface area contributed by atoms with E-state index in [1.54, 1.807) is 6.92 Å². The Bertz CT molecular complexity index is 1420. The molecule has 37 heavy (non-hydrogen) atoms. The summed E-state index contributed by atoms with van der Waals surface area (Å²) in [6.07, 6.45) is -0.271. The van der Waals surface area contributed by atoms with Crippen LogP contribution in [-0.2, 0) is 20.9 Å². The largest absolute Gasteiger partial charge is 0.507 e. The number of aromatic hydroxyl groups is 3. The van der Waals surface area contributed by atoms with Crippen molar-refractivity contribution in [3.05, 3.63) is 80.9 Å². The van der Waals surface area contributed by atoms with Gasteiger partial charge in [0.2, 0.25) is 0 Å². The molecule has 0 fully saturated rings. The van der Waals surface area contributed by atoms with E-state index >= 15 is 0 Å². The van der Waals surface area contributed by atoms with E-state index in [2.05, 4.69) is 9.72 Å². The van der Waals surface area contributed by atoms with E-state index in [1.165, 1.54) is 12.3 Å². The van der Waals surface area contributed by atoms with Gasteiger partial charge in [0.15, 0.2) is 23.2 Å². The Kier molecular flexibility index (Phi) is 6.83. The number of methoxy groups -OCH3 is 1. The molecule has 194 valence electrons. The molecule has 0 spiro atoms. The lowest BCUT2D eigenvalue weighted by Crippen LogP contribution is -2.14. The van der Waals surface area contributed by atoms with Crippen molar-refractivity contribution in [1.29, 1.82) is 0 Å². The topological polar surface area (TPSA) is 126 Å². The highest BCUT2D eigenvalue weighted by Crippen LogP contribution is 2.50. The third-order valence-electron chi connectivity index (χ3n) is 6.38. The van der Waals surface area contributed by atoms with Gasteiger partial charge in [0.1, 0.15) is 23.4 Å². The Balaban J connectivity index is 2.01. The fraction of sp³-hybridized carbons (Fsp3) is 0.269. The number of phenols is 2. The quantitative estimate of drug-likeness (QED) is 0.249. The zero-order valence-corrected chi connectivity index (χ0v) is 19.9. The summed E-state index contributed by atoms with van der Waals surface area (Å²) >= 11 is 0. The molecule has 8 nitrogen and oxygen atoms in total. The third kappa shape index (κ3) is 4.46. The summed E-state index contributed by atoms with van der Waals surface area (Å²) in [5.74, 6) is -9.47. The molecule has 1 aliphatic rings. The molecule has 1 aliphatic heterocycles. The molecule has 0 aliphatic carbocycles. The molecule has 2 atom stereocenters. The number of hydrogen-bond donors (Lipinski definition) is 3. The van der Waals surface area contributed by atoms with Gasteiger partial charge in [-0.25, -0.2) is 13.2 Å². The molecule has 0 unspecified atom stereocenters. The van der Waals surface area contributed by atoms with Gasteiger partial charge in [0, 0.05) is 34.4 Å². The van der Waals surface area contributed by atoms with Crippen LogP contribution in [0.3, 0.4) is 0 Å². The maximum Gasteiger partial charge on any atom is 0.306 e. The van der Waals surface area contributed by atoms with Crippen molar-refractivity contribution in [2.24, 2.45) is 0 Å². The van der Waals surface area contributed by atoms with Crippen LogP contribution in [0.1, 0.15) is 69.2 Å². The number of halogens is 3. The minimum atomic E-state index is -1.75. The lowest BCUT2D eigenvalue weighted by molar-refractivity contribution is -0.140. The molecule has 0 bridgehead atoms. The van der Waals surface area contributed by atoms with Gasteiger partial charge < -0.3 is 24.8 Å². The second-order valence-electron chi connectivity index (χ2n) is 8.63. The molecule has 2 aromatic carbocycles. The number of pyridine rings is 1. The number of rotatable bonds is 6. The first-order valence-electron chi connectivity index (χ1n) is 11.1. The number of phenolic OH excluding ortho intramolecular Hbond substituents is 2. The maximum atomic E-state index is 14.2. The Morgan fingerprint density at radius 3 is 2.35 bits per heavy atom. The van der Waals surface area contributed by atoms with Crippen LogP contribution >= 0.6 is 0 Å². The van der Waals surface area contributed by atoms with E-state index in [-0.39, 0.29) is 40.3 Å². The predicted molar refractivity (Wildman–Crippen MR) is 122 cm³/mol. The number of aromatic nitrogens is 1. The number of ketones is 1. The van der Waals surface area contributed by atoms with Crippen LogP contribution in [0.15, 0.2) is 24.4 Å². The van der Waals surface area contributed by atoms with Crippen molar-refractivity contribution in [1.82, 2.24) is 4.98 Å². The summed E-state index contributed by atoms with van der Waals surface area (Å²) in [7, 11) is 1.06. The lowest BCUT2D eigenvalue weighted by Gasteiger charge is -2.24. The second kappa shape index (κ2) is 9.74. The van der Waals surface area contributed by atoms with Crippen LogP contribution in [-0.4, -0.2) is 39.2 Å². The highest BCUT2D eigenvalue weighted by Gasteiger charge is 2.36. The third-order valence-corrected chi connectivity index (χ3v) is 6.38. The highest BCUT2D eigenvalue weighted by atomic mass is 19.2. The van der Waals surface area contributed by atoms with E-state index < -0.39 is 64.7 Å². The number of nitrogens with zero attached hydrogens (tertiary/aromatic N) is 1. The van der Waals surface area contributed by atoms with Crippen LogP contribution in [0.4, 0.5) is 13.2 Å². The van der Waals surface area contributed by atoms with Gasteiger partial charge in [-0.15, -0.1) is 0 Å². The Hall–Kier alpha value is -4.12. The van der Waals surface area contributed by atoms with Crippen molar-refractivity contribution in [3.63, 3.8) is 0 Å². The summed E-state index contributed by atoms with van der Waals surface area (Å²) < 4.78 is 52.4. The minimum absolute atomic E-state index is 0.00582. The SMILES string of the molecule is COC(=O)C[C@H](c1cc(F)c(F)c(F)c1)c1c(O)c(C(C)=O)cc([C@@H]2OCc3cnc(C)c(O)c32)c1O. The summed E-state index contributed by atoms with van der Waals surface area (Å²) in [5.41, 5.74) is -0.0212. The normalized spacial score (nSPS) is 15.4. The molecule has 0 saturated heterocycles. The van der Waals surface area contributed by atoms with Gasteiger partial charge in [0.05, 0.1) is 31.4 Å². The fourth-order valence-electron chi connectivity index (χ4n) is 4.48. The number of Topliss-reactive ketones (excluding diaryl/α,β-unsaturated/α-hetero) is 1. The standard InChI is InChI=1S/C26H22F3NO7/c1-10-23(33)20-13(8-30-10)9-37-26(20)16-6-14(11(2)31)24(34)21(25(16)35)15(7-19(32)36-3)12-4-17(27)22(29)18(28)5-12/h4-6,8,15,26,33-35H,7,9H2,1-3H3/t15-,26+/m1/s1. The number of carbonyl (C=O) groups is 2. The number of ether oxygens (including phenoxy) is 2.